The van der Waals surface area contributed by atoms with E-state index in [1.165, 1.54) is 6.42 Å². The van der Waals surface area contributed by atoms with E-state index >= 15 is 0 Å². The molecule has 0 spiro atoms. The van der Waals surface area contributed by atoms with E-state index in [4.69, 9.17) is 9.72 Å². The quantitative estimate of drug-likeness (QED) is 0.594. The van der Waals surface area contributed by atoms with Crippen LogP contribution in [0.1, 0.15) is 53.4 Å². The topological polar surface area (TPSA) is 64.4 Å². The summed E-state index contributed by atoms with van der Waals surface area (Å²) in [5, 5.41) is 0.561. The summed E-state index contributed by atoms with van der Waals surface area (Å²) in [5.41, 5.74) is 1.07. The summed E-state index contributed by atoms with van der Waals surface area (Å²) in [5.74, 6) is 0.392. The van der Waals surface area contributed by atoms with Crippen molar-refractivity contribution in [2.45, 2.75) is 66.0 Å². The van der Waals surface area contributed by atoms with Gasteiger partial charge < -0.3 is 9.64 Å². The van der Waals surface area contributed by atoms with Crippen LogP contribution in [0, 0.1) is 10.8 Å². The van der Waals surface area contributed by atoms with Crippen molar-refractivity contribution >= 4 is 38.8 Å². The van der Waals surface area contributed by atoms with Gasteiger partial charge in [0.25, 0.3) is 5.56 Å². The Morgan fingerprint density at radius 1 is 1.30 bits per heavy atom. The largest absolute Gasteiger partial charge is 0.466 e. The van der Waals surface area contributed by atoms with Crippen LogP contribution in [0.15, 0.2) is 27.5 Å². The highest BCUT2D eigenvalue weighted by Crippen LogP contribution is 2.53. The van der Waals surface area contributed by atoms with Crippen LogP contribution in [0.25, 0.3) is 10.9 Å². The van der Waals surface area contributed by atoms with E-state index in [1.807, 2.05) is 18.2 Å². The number of anilines is 1. The SMILES string of the molecule is CCOC(=O)CCn1c(N2CC3(C)CC2CC(C)(C)C3)nc2ccc(Br)cc2c1=O. The fourth-order valence-electron chi connectivity index (χ4n) is 5.73. The number of ether oxygens (including phenoxy) is 1. The van der Waals surface area contributed by atoms with Crippen molar-refractivity contribution in [2.24, 2.45) is 10.8 Å². The van der Waals surface area contributed by atoms with E-state index < -0.39 is 0 Å². The molecule has 2 atom stereocenters. The molecule has 1 saturated carbocycles. The highest BCUT2D eigenvalue weighted by atomic mass is 79.9. The molecule has 2 heterocycles. The number of aromatic nitrogens is 2. The molecular formula is C23H30BrN3O3. The van der Waals surface area contributed by atoms with Crippen molar-refractivity contribution in [3.8, 4) is 0 Å². The van der Waals surface area contributed by atoms with Gasteiger partial charge in [0, 0.05) is 23.6 Å². The van der Waals surface area contributed by atoms with E-state index in [9.17, 15) is 9.59 Å². The van der Waals surface area contributed by atoms with Gasteiger partial charge in [0.2, 0.25) is 5.95 Å². The van der Waals surface area contributed by atoms with Gasteiger partial charge in [-0.2, -0.15) is 0 Å². The summed E-state index contributed by atoms with van der Waals surface area (Å²) in [7, 11) is 0. The van der Waals surface area contributed by atoms with Crippen LogP contribution < -0.4 is 10.5 Å². The summed E-state index contributed by atoms with van der Waals surface area (Å²) in [4.78, 5) is 32.7. The van der Waals surface area contributed by atoms with Gasteiger partial charge in [-0.25, -0.2) is 4.98 Å². The number of benzene rings is 1. The number of esters is 1. The van der Waals surface area contributed by atoms with E-state index in [0.29, 0.717) is 29.5 Å². The van der Waals surface area contributed by atoms with Gasteiger partial charge in [0.15, 0.2) is 0 Å². The summed E-state index contributed by atoms with van der Waals surface area (Å²) >= 11 is 3.45. The van der Waals surface area contributed by atoms with Crippen molar-refractivity contribution in [1.82, 2.24) is 9.55 Å². The van der Waals surface area contributed by atoms with Crippen LogP contribution in [0.5, 0.6) is 0 Å². The predicted molar refractivity (Wildman–Crippen MR) is 122 cm³/mol. The van der Waals surface area contributed by atoms with Gasteiger partial charge in [-0.05, 0) is 55.2 Å². The molecule has 0 N–H and O–H groups in total. The van der Waals surface area contributed by atoms with E-state index in [0.717, 1.165) is 23.9 Å². The van der Waals surface area contributed by atoms with Gasteiger partial charge in [-0.1, -0.05) is 36.7 Å². The molecule has 162 valence electrons. The number of rotatable bonds is 5. The lowest BCUT2D eigenvalue weighted by atomic mass is 9.65. The average molecular weight is 476 g/mol. The first-order valence-electron chi connectivity index (χ1n) is 10.7. The minimum atomic E-state index is -0.294. The molecule has 2 fully saturated rings. The second kappa shape index (κ2) is 7.66. The van der Waals surface area contributed by atoms with Crippen LogP contribution in [-0.4, -0.2) is 34.7 Å². The minimum absolute atomic E-state index is 0.105. The van der Waals surface area contributed by atoms with Crippen molar-refractivity contribution in [2.75, 3.05) is 18.1 Å². The maximum Gasteiger partial charge on any atom is 0.307 e. The number of fused-ring (bicyclic) bond motifs is 3. The molecule has 1 aromatic carbocycles. The molecule has 6 nitrogen and oxygen atoms in total. The Bertz CT molecular complexity index is 1050. The highest BCUT2D eigenvalue weighted by Gasteiger charge is 2.50. The Morgan fingerprint density at radius 3 is 2.80 bits per heavy atom. The fourth-order valence-corrected chi connectivity index (χ4v) is 6.09. The third-order valence-electron chi connectivity index (χ3n) is 6.41. The highest BCUT2D eigenvalue weighted by molar-refractivity contribution is 9.10. The lowest BCUT2D eigenvalue weighted by Gasteiger charge is -2.39. The number of hydrogen-bond donors (Lipinski definition) is 0. The number of halogens is 1. The monoisotopic (exact) mass is 475 g/mol. The zero-order chi connectivity index (χ0) is 21.7. The summed E-state index contributed by atoms with van der Waals surface area (Å²) in [6, 6.07) is 5.96. The molecule has 2 aliphatic rings. The lowest BCUT2D eigenvalue weighted by Crippen LogP contribution is -2.38. The fraction of sp³-hybridized carbons (Fsp3) is 0.609. The molecule has 1 aliphatic carbocycles. The van der Waals surface area contributed by atoms with Gasteiger partial charge in [0.05, 0.1) is 23.9 Å². The van der Waals surface area contributed by atoms with Crippen LogP contribution in [0.3, 0.4) is 0 Å². The van der Waals surface area contributed by atoms with Crippen molar-refractivity contribution < 1.29 is 9.53 Å². The van der Waals surface area contributed by atoms with Gasteiger partial charge in [-0.3, -0.25) is 14.2 Å². The molecular weight excluding hydrogens is 446 g/mol. The van der Waals surface area contributed by atoms with E-state index in [1.54, 1.807) is 11.5 Å². The van der Waals surface area contributed by atoms with Crippen molar-refractivity contribution in [3.05, 3.63) is 33.0 Å². The second-order valence-electron chi connectivity index (χ2n) is 9.93. The first kappa shape index (κ1) is 21.3. The maximum absolute atomic E-state index is 13.5. The first-order valence-corrected chi connectivity index (χ1v) is 11.5. The molecule has 7 heteroatoms. The molecule has 2 aromatic rings. The average Bonchev–Trinajstić information content (AvgIpc) is 2.90. The summed E-state index contributed by atoms with van der Waals surface area (Å²) in [6.45, 7) is 10.3. The van der Waals surface area contributed by atoms with Crippen LogP contribution in [0.2, 0.25) is 0 Å². The number of nitrogens with zero attached hydrogens (tertiary/aromatic N) is 3. The Hall–Kier alpha value is -1.89. The lowest BCUT2D eigenvalue weighted by molar-refractivity contribution is -0.143. The van der Waals surface area contributed by atoms with Crippen LogP contribution in [-0.2, 0) is 16.1 Å². The Balaban J connectivity index is 1.80. The summed E-state index contributed by atoms with van der Waals surface area (Å²) < 4.78 is 7.61. The summed E-state index contributed by atoms with van der Waals surface area (Å²) in [6.07, 6.45) is 3.51. The maximum atomic E-state index is 13.5. The minimum Gasteiger partial charge on any atom is -0.466 e. The van der Waals surface area contributed by atoms with Crippen molar-refractivity contribution in [3.63, 3.8) is 0 Å². The molecule has 4 rings (SSSR count). The van der Waals surface area contributed by atoms with E-state index in [2.05, 4.69) is 41.6 Å². The molecule has 1 aromatic heterocycles. The zero-order valence-corrected chi connectivity index (χ0v) is 19.8. The third-order valence-corrected chi connectivity index (χ3v) is 6.91. The Kier molecular flexibility index (Phi) is 5.45. The van der Waals surface area contributed by atoms with Crippen LogP contribution >= 0.6 is 15.9 Å². The molecule has 2 unspecified atom stereocenters. The standard InChI is InChI=1S/C23H30BrN3O3/c1-5-30-19(28)8-9-26-20(29)17-10-15(24)6-7-18(17)25-21(26)27-14-23(4)12-16(27)11-22(2,3)13-23/h6-7,10,16H,5,8-9,11-14H2,1-4H3. The van der Waals surface area contributed by atoms with Gasteiger partial charge in [-0.15, -0.1) is 0 Å². The molecule has 2 bridgehead atoms. The zero-order valence-electron chi connectivity index (χ0n) is 18.2. The molecule has 30 heavy (non-hydrogen) atoms. The number of carbonyl (C=O) groups is 1. The second-order valence-corrected chi connectivity index (χ2v) is 10.8. The van der Waals surface area contributed by atoms with E-state index in [-0.39, 0.29) is 35.3 Å². The number of hydrogen-bond acceptors (Lipinski definition) is 5. The molecule has 0 amide bonds. The first-order chi connectivity index (χ1) is 14.1. The van der Waals surface area contributed by atoms with Crippen LogP contribution in [0.4, 0.5) is 5.95 Å². The smallest absolute Gasteiger partial charge is 0.307 e. The third kappa shape index (κ3) is 4.01. The molecule has 1 aliphatic heterocycles. The van der Waals surface area contributed by atoms with Gasteiger partial charge in [0.1, 0.15) is 0 Å². The Morgan fingerprint density at radius 2 is 2.07 bits per heavy atom. The number of carbonyl (C=O) groups excluding carboxylic acids is 1. The molecule has 1 saturated heterocycles. The van der Waals surface area contributed by atoms with Gasteiger partial charge >= 0.3 is 5.97 Å². The normalized spacial score (nSPS) is 25.0. The van der Waals surface area contributed by atoms with Crippen molar-refractivity contribution in [1.29, 1.82) is 0 Å². The Labute approximate surface area is 185 Å². The molecule has 0 radical (unpaired) electrons. The predicted octanol–water partition coefficient (Wildman–Crippen LogP) is 4.52.